The zero-order valence-corrected chi connectivity index (χ0v) is 20.3. The fraction of sp³-hybridized carbons (Fsp3) is 0.304. The highest BCUT2D eigenvalue weighted by molar-refractivity contribution is 9.10. The first kappa shape index (κ1) is 22.5. The Morgan fingerprint density at radius 1 is 1.16 bits per heavy atom. The molecule has 1 saturated carbocycles. The van der Waals surface area contributed by atoms with Crippen molar-refractivity contribution in [1.82, 2.24) is 20.1 Å². The standard InChI is InChI=1S/C23H23BrClN5O2/c1-22(2,3)14-6-8-15(9-7-14)27-21(32)23(10-11-23)28-20(31)17-13-18(24)29-30(17)19-16(25)5-4-12-26-19/h4-9,12-13H,10-11H2,1-3H3,(H,27,32)(H,28,31). The summed E-state index contributed by atoms with van der Waals surface area (Å²) < 4.78 is 1.82. The summed E-state index contributed by atoms with van der Waals surface area (Å²) in [6.07, 6.45) is 2.69. The summed E-state index contributed by atoms with van der Waals surface area (Å²) in [4.78, 5) is 30.3. The Labute approximate surface area is 199 Å². The number of aromatic nitrogens is 3. The molecule has 0 saturated heterocycles. The van der Waals surface area contributed by atoms with Crippen molar-refractivity contribution < 1.29 is 9.59 Å². The fourth-order valence-corrected chi connectivity index (χ4v) is 3.91. The molecule has 0 spiro atoms. The SMILES string of the molecule is CC(C)(C)c1ccc(NC(=O)C2(NC(=O)c3cc(Br)nn3-c3ncccc3Cl)CC2)cc1. The van der Waals surface area contributed by atoms with E-state index in [0.717, 1.165) is 0 Å². The van der Waals surface area contributed by atoms with E-state index in [1.54, 1.807) is 24.4 Å². The minimum Gasteiger partial charge on any atom is -0.336 e. The molecular formula is C23H23BrClN5O2. The zero-order chi connectivity index (χ0) is 23.1. The molecule has 0 atom stereocenters. The van der Waals surface area contributed by atoms with Gasteiger partial charge in [-0.1, -0.05) is 44.5 Å². The molecule has 0 unspecified atom stereocenters. The number of nitrogens with one attached hydrogen (secondary N) is 2. The molecule has 1 aliphatic carbocycles. The molecule has 2 heterocycles. The highest BCUT2D eigenvalue weighted by Gasteiger charge is 2.51. The monoisotopic (exact) mass is 515 g/mol. The largest absolute Gasteiger partial charge is 0.336 e. The van der Waals surface area contributed by atoms with Crippen LogP contribution in [0.15, 0.2) is 53.3 Å². The summed E-state index contributed by atoms with van der Waals surface area (Å²) in [5.74, 6) is -0.339. The Hall–Kier alpha value is -2.71. The van der Waals surface area contributed by atoms with Crippen molar-refractivity contribution in [3.8, 4) is 5.82 Å². The second-order valence-electron chi connectivity index (χ2n) is 8.89. The molecule has 32 heavy (non-hydrogen) atoms. The Morgan fingerprint density at radius 2 is 1.84 bits per heavy atom. The lowest BCUT2D eigenvalue weighted by Crippen LogP contribution is -2.46. The van der Waals surface area contributed by atoms with Crippen LogP contribution >= 0.6 is 27.5 Å². The van der Waals surface area contributed by atoms with Gasteiger partial charge in [0.15, 0.2) is 5.82 Å². The maximum Gasteiger partial charge on any atom is 0.270 e. The first-order chi connectivity index (χ1) is 15.1. The van der Waals surface area contributed by atoms with Crippen LogP contribution in [0.2, 0.25) is 5.02 Å². The van der Waals surface area contributed by atoms with Crippen LogP contribution < -0.4 is 10.6 Å². The average Bonchev–Trinajstić information content (AvgIpc) is 3.41. The van der Waals surface area contributed by atoms with E-state index in [1.807, 2.05) is 24.3 Å². The van der Waals surface area contributed by atoms with Gasteiger partial charge >= 0.3 is 0 Å². The Morgan fingerprint density at radius 3 is 2.44 bits per heavy atom. The quantitative estimate of drug-likeness (QED) is 0.506. The maximum absolute atomic E-state index is 13.1. The van der Waals surface area contributed by atoms with Crippen molar-refractivity contribution in [3.05, 3.63) is 69.5 Å². The lowest BCUT2D eigenvalue weighted by molar-refractivity contribution is -0.118. The van der Waals surface area contributed by atoms with Crippen LogP contribution in [-0.4, -0.2) is 32.1 Å². The van der Waals surface area contributed by atoms with Crippen LogP contribution in [0.3, 0.4) is 0 Å². The molecule has 7 nitrogen and oxygen atoms in total. The smallest absolute Gasteiger partial charge is 0.270 e. The maximum atomic E-state index is 13.1. The molecule has 166 valence electrons. The third-order valence-corrected chi connectivity index (χ3v) is 6.08. The number of nitrogens with zero attached hydrogens (tertiary/aromatic N) is 3. The number of rotatable bonds is 5. The molecule has 0 bridgehead atoms. The van der Waals surface area contributed by atoms with Gasteiger partial charge in [0.2, 0.25) is 5.91 Å². The van der Waals surface area contributed by atoms with Crippen molar-refractivity contribution in [2.45, 2.75) is 44.6 Å². The third-order valence-electron chi connectivity index (χ3n) is 5.40. The summed E-state index contributed by atoms with van der Waals surface area (Å²) in [6.45, 7) is 6.41. The van der Waals surface area contributed by atoms with Crippen LogP contribution in [0.5, 0.6) is 0 Å². The lowest BCUT2D eigenvalue weighted by atomic mass is 9.87. The summed E-state index contributed by atoms with van der Waals surface area (Å²) >= 11 is 9.53. The zero-order valence-electron chi connectivity index (χ0n) is 17.9. The topological polar surface area (TPSA) is 88.9 Å². The highest BCUT2D eigenvalue weighted by atomic mass is 79.9. The molecule has 1 aliphatic rings. The minimum absolute atomic E-state index is 0.0297. The van der Waals surface area contributed by atoms with Gasteiger partial charge in [-0.3, -0.25) is 9.59 Å². The van der Waals surface area contributed by atoms with E-state index < -0.39 is 11.4 Å². The van der Waals surface area contributed by atoms with Crippen LogP contribution in [0.25, 0.3) is 5.82 Å². The number of anilines is 1. The first-order valence-electron chi connectivity index (χ1n) is 10.2. The molecule has 2 amide bonds. The van der Waals surface area contributed by atoms with Gasteiger partial charge in [-0.2, -0.15) is 5.10 Å². The van der Waals surface area contributed by atoms with Crippen molar-refractivity contribution in [1.29, 1.82) is 0 Å². The van der Waals surface area contributed by atoms with Gasteiger partial charge in [0.25, 0.3) is 5.91 Å². The Bertz CT molecular complexity index is 1180. The molecule has 3 aromatic rings. The molecule has 0 radical (unpaired) electrons. The van der Waals surface area contributed by atoms with Crippen molar-refractivity contribution in [2.24, 2.45) is 0 Å². The number of carbonyl (C=O) groups excluding carboxylic acids is 2. The number of amides is 2. The average molecular weight is 517 g/mol. The number of benzene rings is 1. The van der Waals surface area contributed by atoms with Crippen LogP contribution in [0.1, 0.15) is 49.7 Å². The van der Waals surface area contributed by atoms with E-state index in [1.165, 1.54) is 10.2 Å². The molecule has 1 aromatic carbocycles. The molecule has 0 aliphatic heterocycles. The number of hydrogen-bond acceptors (Lipinski definition) is 4. The van der Waals surface area contributed by atoms with E-state index in [9.17, 15) is 9.59 Å². The second kappa shape index (κ2) is 8.33. The molecule has 9 heteroatoms. The summed E-state index contributed by atoms with van der Waals surface area (Å²) in [6, 6.07) is 12.7. The molecule has 2 N–H and O–H groups in total. The normalized spacial score (nSPS) is 14.7. The van der Waals surface area contributed by atoms with E-state index in [-0.39, 0.29) is 17.0 Å². The highest BCUT2D eigenvalue weighted by Crippen LogP contribution is 2.37. The van der Waals surface area contributed by atoms with Crippen molar-refractivity contribution >= 4 is 45.0 Å². The van der Waals surface area contributed by atoms with E-state index >= 15 is 0 Å². The van der Waals surface area contributed by atoms with Crippen LogP contribution in [0.4, 0.5) is 5.69 Å². The predicted octanol–water partition coefficient (Wildman–Crippen LogP) is 4.88. The summed E-state index contributed by atoms with van der Waals surface area (Å²) in [5.41, 5.74) is 1.18. The van der Waals surface area contributed by atoms with E-state index in [2.05, 4.69) is 57.4 Å². The van der Waals surface area contributed by atoms with Gasteiger partial charge in [-0.15, -0.1) is 0 Å². The van der Waals surface area contributed by atoms with Crippen LogP contribution in [0, 0.1) is 0 Å². The number of hydrogen-bond donors (Lipinski definition) is 2. The third kappa shape index (κ3) is 4.56. The van der Waals surface area contributed by atoms with Crippen molar-refractivity contribution in [3.63, 3.8) is 0 Å². The van der Waals surface area contributed by atoms with Gasteiger partial charge in [0.1, 0.15) is 15.8 Å². The number of pyridine rings is 1. The van der Waals surface area contributed by atoms with Crippen LogP contribution in [-0.2, 0) is 10.2 Å². The van der Waals surface area contributed by atoms with Crippen molar-refractivity contribution in [2.75, 3.05) is 5.32 Å². The molecule has 2 aromatic heterocycles. The lowest BCUT2D eigenvalue weighted by Gasteiger charge is -2.20. The van der Waals surface area contributed by atoms with E-state index in [0.29, 0.717) is 34.0 Å². The Kier molecular flexibility index (Phi) is 5.85. The van der Waals surface area contributed by atoms with Gasteiger partial charge in [-0.25, -0.2) is 9.67 Å². The molecule has 1 fully saturated rings. The molecule has 4 rings (SSSR count). The summed E-state index contributed by atoms with van der Waals surface area (Å²) in [7, 11) is 0. The van der Waals surface area contributed by atoms with Gasteiger partial charge in [-0.05, 0) is 64.0 Å². The fourth-order valence-electron chi connectivity index (χ4n) is 3.33. The van der Waals surface area contributed by atoms with Gasteiger partial charge in [0, 0.05) is 18.0 Å². The number of carbonyl (C=O) groups is 2. The Balaban J connectivity index is 1.51. The van der Waals surface area contributed by atoms with E-state index in [4.69, 9.17) is 11.6 Å². The van der Waals surface area contributed by atoms with Gasteiger partial charge in [0.05, 0.1) is 5.02 Å². The first-order valence-corrected chi connectivity index (χ1v) is 11.4. The predicted molar refractivity (Wildman–Crippen MR) is 127 cm³/mol. The summed E-state index contributed by atoms with van der Waals surface area (Å²) in [5, 5.41) is 10.4. The second-order valence-corrected chi connectivity index (χ2v) is 10.1. The number of halogens is 2. The molecular weight excluding hydrogens is 494 g/mol. The van der Waals surface area contributed by atoms with Gasteiger partial charge < -0.3 is 10.6 Å². The minimum atomic E-state index is -0.949.